The van der Waals surface area contributed by atoms with E-state index in [1.54, 1.807) is 0 Å². The first-order valence-corrected chi connectivity index (χ1v) is 4.51. The van der Waals surface area contributed by atoms with Crippen molar-refractivity contribution in [3.05, 3.63) is 33.1 Å². The lowest BCUT2D eigenvalue weighted by Gasteiger charge is -2.08. The molecule has 0 bridgehead atoms. The Morgan fingerprint density at radius 3 is 2.79 bits per heavy atom. The van der Waals surface area contributed by atoms with Gasteiger partial charge in [0.2, 0.25) is 0 Å². The summed E-state index contributed by atoms with van der Waals surface area (Å²) in [5.74, 6) is 0. The summed E-state index contributed by atoms with van der Waals surface area (Å²) in [7, 11) is 0. The molecule has 0 aliphatic carbocycles. The molecule has 5 heteroatoms. The molecule has 0 aliphatic rings. The molecular formula is C9H14N2O3. The topological polar surface area (TPSA) is 64.1 Å². The van der Waals surface area contributed by atoms with Crippen LogP contribution in [0.5, 0.6) is 0 Å². The van der Waals surface area contributed by atoms with Gasteiger partial charge in [0.25, 0.3) is 5.56 Å². The van der Waals surface area contributed by atoms with Gasteiger partial charge in [-0.1, -0.05) is 0 Å². The zero-order valence-corrected chi connectivity index (χ0v) is 8.32. The maximum absolute atomic E-state index is 11.2. The molecule has 0 saturated carbocycles. The lowest BCUT2D eigenvalue weighted by Crippen LogP contribution is -2.30. The zero-order valence-electron chi connectivity index (χ0n) is 8.32. The molecule has 1 aromatic heterocycles. The van der Waals surface area contributed by atoms with Crippen molar-refractivity contribution in [1.82, 2.24) is 9.55 Å². The van der Waals surface area contributed by atoms with Gasteiger partial charge in [-0.25, -0.2) is 4.79 Å². The summed E-state index contributed by atoms with van der Waals surface area (Å²) in [6.07, 6.45) is 1.61. The number of rotatable bonds is 4. The van der Waals surface area contributed by atoms with Gasteiger partial charge in [0, 0.05) is 12.3 Å². The summed E-state index contributed by atoms with van der Waals surface area (Å²) in [6, 6.07) is 1.32. The SMILES string of the molecule is CC(C)OCCn1ccc(=O)[nH]c1=O. The highest BCUT2D eigenvalue weighted by molar-refractivity contribution is 4.82. The highest BCUT2D eigenvalue weighted by Crippen LogP contribution is 1.87. The van der Waals surface area contributed by atoms with E-state index in [0.717, 1.165) is 0 Å². The molecule has 1 heterocycles. The Morgan fingerprint density at radius 2 is 2.21 bits per heavy atom. The van der Waals surface area contributed by atoms with Gasteiger partial charge in [-0.3, -0.25) is 14.3 Å². The lowest BCUT2D eigenvalue weighted by atomic mass is 10.5. The Balaban J connectivity index is 2.60. The third-order valence-corrected chi connectivity index (χ3v) is 1.68. The smallest absolute Gasteiger partial charge is 0.328 e. The molecule has 1 rings (SSSR count). The molecule has 0 fully saturated rings. The Kier molecular flexibility index (Phi) is 3.64. The number of nitrogens with zero attached hydrogens (tertiary/aromatic N) is 1. The molecule has 0 aromatic carbocycles. The Morgan fingerprint density at radius 1 is 1.50 bits per heavy atom. The molecule has 0 radical (unpaired) electrons. The van der Waals surface area contributed by atoms with E-state index in [1.165, 1.54) is 16.8 Å². The van der Waals surface area contributed by atoms with Crippen LogP contribution < -0.4 is 11.2 Å². The molecule has 0 saturated heterocycles. The van der Waals surface area contributed by atoms with Crippen molar-refractivity contribution in [3.8, 4) is 0 Å². The first kappa shape index (κ1) is 10.7. The van der Waals surface area contributed by atoms with E-state index in [1.807, 2.05) is 13.8 Å². The van der Waals surface area contributed by atoms with Crippen LogP contribution in [0, 0.1) is 0 Å². The summed E-state index contributed by atoms with van der Waals surface area (Å²) in [5.41, 5.74) is -0.777. The lowest BCUT2D eigenvalue weighted by molar-refractivity contribution is 0.0720. The Bertz CT molecular complexity index is 392. The number of aromatic amines is 1. The van der Waals surface area contributed by atoms with Crippen LogP contribution in [0.25, 0.3) is 0 Å². The molecule has 0 spiro atoms. The fourth-order valence-corrected chi connectivity index (χ4v) is 1.01. The number of nitrogens with one attached hydrogen (secondary N) is 1. The van der Waals surface area contributed by atoms with Crippen LogP contribution in [0.3, 0.4) is 0 Å². The fourth-order valence-electron chi connectivity index (χ4n) is 1.01. The van der Waals surface area contributed by atoms with Gasteiger partial charge in [0.1, 0.15) is 0 Å². The summed E-state index contributed by atoms with van der Waals surface area (Å²) >= 11 is 0. The third kappa shape index (κ3) is 3.18. The van der Waals surface area contributed by atoms with E-state index in [4.69, 9.17) is 4.74 Å². The third-order valence-electron chi connectivity index (χ3n) is 1.68. The molecule has 5 nitrogen and oxygen atoms in total. The van der Waals surface area contributed by atoms with Crippen LogP contribution in [-0.2, 0) is 11.3 Å². The maximum Gasteiger partial charge on any atom is 0.328 e. The second-order valence-corrected chi connectivity index (χ2v) is 3.22. The van der Waals surface area contributed by atoms with E-state index >= 15 is 0 Å². The van der Waals surface area contributed by atoms with Crippen LogP contribution >= 0.6 is 0 Å². The monoisotopic (exact) mass is 198 g/mol. The molecule has 78 valence electrons. The highest BCUT2D eigenvalue weighted by Gasteiger charge is 1.97. The van der Waals surface area contributed by atoms with Crippen LogP contribution in [-0.4, -0.2) is 22.3 Å². The predicted molar refractivity (Wildman–Crippen MR) is 52.4 cm³/mol. The largest absolute Gasteiger partial charge is 0.377 e. The first-order valence-electron chi connectivity index (χ1n) is 4.51. The van der Waals surface area contributed by atoms with Crippen LogP contribution in [0.15, 0.2) is 21.9 Å². The van der Waals surface area contributed by atoms with E-state index in [0.29, 0.717) is 13.2 Å². The standard InChI is InChI=1S/C9H14N2O3/c1-7(2)14-6-5-11-4-3-8(12)10-9(11)13/h3-4,7H,5-6H2,1-2H3,(H,10,12,13). The van der Waals surface area contributed by atoms with Crippen molar-refractivity contribution in [2.24, 2.45) is 0 Å². The quantitative estimate of drug-likeness (QED) is 0.738. The minimum atomic E-state index is -0.398. The molecular weight excluding hydrogens is 184 g/mol. The second-order valence-electron chi connectivity index (χ2n) is 3.22. The Labute approximate surface area is 81.3 Å². The van der Waals surface area contributed by atoms with Crippen LogP contribution in [0.1, 0.15) is 13.8 Å². The van der Waals surface area contributed by atoms with Crippen molar-refractivity contribution in [3.63, 3.8) is 0 Å². The normalized spacial score (nSPS) is 10.8. The minimum Gasteiger partial charge on any atom is -0.377 e. The maximum atomic E-state index is 11.2. The molecule has 0 amide bonds. The zero-order chi connectivity index (χ0) is 10.6. The predicted octanol–water partition coefficient (Wildman–Crippen LogP) is -0.0384. The van der Waals surface area contributed by atoms with E-state index in [2.05, 4.69) is 4.98 Å². The van der Waals surface area contributed by atoms with Crippen molar-refractivity contribution in [1.29, 1.82) is 0 Å². The molecule has 14 heavy (non-hydrogen) atoms. The van der Waals surface area contributed by atoms with Gasteiger partial charge in [-0.15, -0.1) is 0 Å². The number of H-pyrrole nitrogens is 1. The van der Waals surface area contributed by atoms with Crippen molar-refractivity contribution >= 4 is 0 Å². The van der Waals surface area contributed by atoms with E-state index in [9.17, 15) is 9.59 Å². The van der Waals surface area contributed by atoms with Gasteiger partial charge in [0.05, 0.1) is 19.3 Å². The van der Waals surface area contributed by atoms with Crippen LogP contribution in [0.4, 0.5) is 0 Å². The number of ether oxygens (including phenoxy) is 1. The van der Waals surface area contributed by atoms with Gasteiger partial charge in [0.15, 0.2) is 0 Å². The van der Waals surface area contributed by atoms with Gasteiger partial charge >= 0.3 is 5.69 Å². The van der Waals surface area contributed by atoms with Crippen molar-refractivity contribution in [2.45, 2.75) is 26.5 Å². The summed E-state index contributed by atoms with van der Waals surface area (Å²) < 4.78 is 6.69. The summed E-state index contributed by atoms with van der Waals surface area (Å²) in [5, 5.41) is 0. The average Bonchev–Trinajstić information content (AvgIpc) is 2.08. The molecule has 0 aliphatic heterocycles. The van der Waals surface area contributed by atoms with E-state index in [-0.39, 0.29) is 11.7 Å². The molecule has 0 atom stereocenters. The minimum absolute atomic E-state index is 0.147. The number of hydrogen-bond donors (Lipinski definition) is 1. The molecule has 1 N–H and O–H groups in total. The molecule has 1 aromatic rings. The van der Waals surface area contributed by atoms with E-state index < -0.39 is 5.69 Å². The Hall–Kier alpha value is -1.36. The summed E-state index contributed by atoms with van der Waals surface area (Å²) in [6.45, 7) is 4.77. The summed E-state index contributed by atoms with van der Waals surface area (Å²) in [4.78, 5) is 24.1. The van der Waals surface area contributed by atoms with Crippen molar-refractivity contribution < 1.29 is 4.74 Å². The van der Waals surface area contributed by atoms with Gasteiger partial charge in [-0.05, 0) is 13.8 Å². The number of aromatic nitrogens is 2. The highest BCUT2D eigenvalue weighted by atomic mass is 16.5. The molecule has 0 unspecified atom stereocenters. The van der Waals surface area contributed by atoms with Crippen molar-refractivity contribution in [2.75, 3.05) is 6.61 Å². The first-order chi connectivity index (χ1) is 6.59. The average molecular weight is 198 g/mol. The van der Waals surface area contributed by atoms with Gasteiger partial charge < -0.3 is 4.74 Å². The fraction of sp³-hybridized carbons (Fsp3) is 0.556. The van der Waals surface area contributed by atoms with Crippen LogP contribution in [0.2, 0.25) is 0 Å². The number of hydrogen-bond acceptors (Lipinski definition) is 3. The van der Waals surface area contributed by atoms with Gasteiger partial charge in [-0.2, -0.15) is 0 Å². The second kappa shape index (κ2) is 4.76.